The molecule has 0 saturated carbocycles. The summed E-state index contributed by atoms with van der Waals surface area (Å²) in [5, 5.41) is 11.5. The molecular formula is C11H22N4O. The van der Waals surface area contributed by atoms with Crippen molar-refractivity contribution in [2.75, 3.05) is 13.7 Å². The van der Waals surface area contributed by atoms with Crippen molar-refractivity contribution in [1.29, 1.82) is 0 Å². The van der Waals surface area contributed by atoms with E-state index >= 15 is 0 Å². The van der Waals surface area contributed by atoms with Gasteiger partial charge >= 0.3 is 0 Å². The molecule has 5 nitrogen and oxygen atoms in total. The SMILES string of the molecule is CCCn1nncc1C(NCC)C(C)OC. The highest BCUT2D eigenvalue weighted by atomic mass is 16.5. The van der Waals surface area contributed by atoms with Gasteiger partial charge in [-0.15, -0.1) is 5.10 Å². The lowest BCUT2D eigenvalue weighted by molar-refractivity contribution is 0.0805. The second kappa shape index (κ2) is 6.60. The van der Waals surface area contributed by atoms with Crippen LogP contribution in [0, 0.1) is 0 Å². The van der Waals surface area contributed by atoms with Crippen LogP contribution in [0.5, 0.6) is 0 Å². The Bertz CT molecular complexity index is 300. The Hall–Kier alpha value is -0.940. The summed E-state index contributed by atoms with van der Waals surface area (Å²) >= 11 is 0. The number of hydrogen-bond acceptors (Lipinski definition) is 4. The highest BCUT2D eigenvalue weighted by molar-refractivity contribution is 5.04. The van der Waals surface area contributed by atoms with Crippen LogP contribution in [0.4, 0.5) is 0 Å². The van der Waals surface area contributed by atoms with E-state index in [1.165, 1.54) is 0 Å². The molecule has 16 heavy (non-hydrogen) atoms. The highest BCUT2D eigenvalue weighted by Gasteiger charge is 2.22. The van der Waals surface area contributed by atoms with Gasteiger partial charge in [0.2, 0.25) is 0 Å². The van der Waals surface area contributed by atoms with Crippen LogP contribution in [0.3, 0.4) is 0 Å². The number of aromatic nitrogens is 3. The lowest BCUT2D eigenvalue weighted by atomic mass is 10.1. The lowest BCUT2D eigenvalue weighted by Crippen LogP contribution is -2.33. The maximum Gasteiger partial charge on any atom is 0.0782 e. The topological polar surface area (TPSA) is 52.0 Å². The predicted octanol–water partition coefficient (Wildman–Crippen LogP) is 1.37. The first kappa shape index (κ1) is 13.1. The van der Waals surface area contributed by atoms with E-state index in [0.29, 0.717) is 0 Å². The average Bonchev–Trinajstić information content (AvgIpc) is 2.73. The minimum Gasteiger partial charge on any atom is -0.380 e. The fourth-order valence-electron chi connectivity index (χ4n) is 1.76. The number of nitrogens with zero attached hydrogens (tertiary/aromatic N) is 3. The minimum absolute atomic E-state index is 0.106. The minimum atomic E-state index is 0.106. The molecular weight excluding hydrogens is 204 g/mol. The third-order valence-electron chi connectivity index (χ3n) is 2.67. The van der Waals surface area contributed by atoms with E-state index in [2.05, 4.69) is 36.4 Å². The normalized spacial score (nSPS) is 15.0. The highest BCUT2D eigenvalue weighted by Crippen LogP contribution is 2.17. The van der Waals surface area contributed by atoms with Gasteiger partial charge < -0.3 is 10.1 Å². The zero-order valence-electron chi connectivity index (χ0n) is 10.6. The summed E-state index contributed by atoms with van der Waals surface area (Å²) in [6.07, 6.45) is 2.98. The maximum atomic E-state index is 5.39. The summed E-state index contributed by atoms with van der Waals surface area (Å²) in [4.78, 5) is 0. The molecule has 2 atom stereocenters. The summed E-state index contributed by atoms with van der Waals surface area (Å²) in [6, 6.07) is 0.150. The van der Waals surface area contributed by atoms with Gasteiger partial charge in [-0.2, -0.15) is 0 Å². The van der Waals surface area contributed by atoms with Crippen molar-refractivity contribution in [2.24, 2.45) is 0 Å². The van der Waals surface area contributed by atoms with E-state index in [-0.39, 0.29) is 12.1 Å². The Labute approximate surface area is 97.2 Å². The van der Waals surface area contributed by atoms with E-state index in [1.54, 1.807) is 7.11 Å². The maximum absolute atomic E-state index is 5.39. The van der Waals surface area contributed by atoms with E-state index in [1.807, 2.05) is 10.9 Å². The molecule has 0 spiro atoms. The number of nitrogens with one attached hydrogen (secondary N) is 1. The van der Waals surface area contributed by atoms with Crippen LogP contribution in [0.1, 0.15) is 38.9 Å². The molecule has 1 heterocycles. The number of likely N-dealkylation sites (N-methyl/N-ethyl adjacent to an activating group) is 1. The van der Waals surface area contributed by atoms with Crippen LogP contribution in [-0.2, 0) is 11.3 Å². The molecule has 0 bridgehead atoms. The van der Waals surface area contributed by atoms with E-state index < -0.39 is 0 Å². The van der Waals surface area contributed by atoms with Gasteiger partial charge in [0.25, 0.3) is 0 Å². The molecule has 2 unspecified atom stereocenters. The molecule has 92 valence electrons. The first-order valence-electron chi connectivity index (χ1n) is 5.89. The zero-order chi connectivity index (χ0) is 12.0. The number of aryl methyl sites for hydroxylation is 1. The Morgan fingerprint density at radius 3 is 2.81 bits per heavy atom. The van der Waals surface area contributed by atoms with Gasteiger partial charge in [-0.25, -0.2) is 4.68 Å². The van der Waals surface area contributed by atoms with E-state index in [4.69, 9.17) is 4.74 Å². The van der Waals surface area contributed by atoms with Crippen LogP contribution in [0.15, 0.2) is 6.20 Å². The molecule has 0 saturated heterocycles. The first-order chi connectivity index (χ1) is 7.74. The van der Waals surface area contributed by atoms with Gasteiger partial charge in [-0.3, -0.25) is 0 Å². The van der Waals surface area contributed by atoms with Crippen molar-refractivity contribution in [3.63, 3.8) is 0 Å². The Kier molecular flexibility index (Phi) is 5.42. The Balaban J connectivity index is 2.86. The average molecular weight is 226 g/mol. The fourth-order valence-corrected chi connectivity index (χ4v) is 1.76. The Morgan fingerprint density at radius 1 is 1.50 bits per heavy atom. The molecule has 0 aliphatic carbocycles. The van der Waals surface area contributed by atoms with Crippen molar-refractivity contribution in [1.82, 2.24) is 20.3 Å². The van der Waals surface area contributed by atoms with Gasteiger partial charge in [0.05, 0.1) is 24.0 Å². The summed E-state index contributed by atoms with van der Waals surface area (Å²) < 4.78 is 7.34. The van der Waals surface area contributed by atoms with Crippen LogP contribution in [0.25, 0.3) is 0 Å². The van der Waals surface area contributed by atoms with Gasteiger partial charge in [-0.1, -0.05) is 19.1 Å². The summed E-state index contributed by atoms with van der Waals surface area (Å²) in [5.74, 6) is 0. The number of hydrogen-bond donors (Lipinski definition) is 1. The molecule has 0 aliphatic heterocycles. The van der Waals surface area contributed by atoms with Gasteiger partial charge in [0.15, 0.2) is 0 Å². The molecule has 0 amide bonds. The monoisotopic (exact) mass is 226 g/mol. The molecule has 1 aromatic heterocycles. The second-order valence-electron chi connectivity index (χ2n) is 3.86. The van der Waals surface area contributed by atoms with Crippen LogP contribution in [-0.4, -0.2) is 34.8 Å². The molecule has 0 aliphatic rings. The standard InChI is InChI=1S/C11H22N4O/c1-5-7-15-10(8-13-14-15)11(12-6-2)9(3)16-4/h8-9,11-12H,5-7H2,1-4H3. The van der Waals surface area contributed by atoms with Gasteiger partial charge in [0.1, 0.15) is 0 Å². The first-order valence-corrected chi connectivity index (χ1v) is 5.89. The van der Waals surface area contributed by atoms with Crippen molar-refractivity contribution in [2.45, 2.75) is 45.9 Å². The summed E-state index contributed by atoms with van der Waals surface area (Å²) in [6.45, 7) is 8.07. The van der Waals surface area contributed by atoms with Crippen molar-refractivity contribution in [3.8, 4) is 0 Å². The third-order valence-corrected chi connectivity index (χ3v) is 2.67. The Morgan fingerprint density at radius 2 is 2.25 bits per heavy atom. The second-order valence-corrected chi connectivity index (χ2v) is 3.86. The molecule has 1 rings (SSSR count). The molecule has 5 heteroatoms. The van der Waals surface area contributed by atoms with Crippen molar-refractivity contribution in [3.05, 3.63) is 11.9 Å². The van der Waals surface area contributed by atoms with Crippen LogP contribution in [0.2, 0.25) is 0 Å². The van der Waals surface area contributed by atoms with Crippen LogP contribution < -0.4 is 5.32 Å². The van der Waals surface area contributed by atoms with Gasteiger partial charge in [-0.05, 0) is 19.9 Å². The van der Waals surface area contributed by atoms with Crippen LogP contribution >= 0.6 is 0 Å². The van der Waals surface area contributed by atoms with E-state index in [0.717, 1.165) is 25.2 Å². The zero-order valence-corrected chi connectivity index (χ0v) is 10.6. The van der Waals surface area contributed by atoms with Crippen molar-refractivity contribution >= 4 is 0 Å². The van der Waals surface area contributed by atoms with Crippen molar-refractivity contribution < 1.29 is 4.74 Å². The molecule has 1 aromatic rings. The number of methoxy groups -OCH3 is 1. The smallest absolute Gasteiger partial charge is 0.0782 e. The predicted molar refractivity (Wildman–Crippen MR) is 63.2 cm³/mol. The fraction of sp³-hybridized carbons (Fsp3) is 0.818. The molecule has 0 aromatic carbocycles. The summed E-state index contributed by atoms with van der Waals surface area (Å²) in [7, 11) is 1.73. The summed E-state index contributed by atoms with van der Waals surface area (Å²) in [5.41, 5.74) is 1.10. The largest absolute Gasteiger partial charge is 0.380 e. The van der Waals surface area contributed by atoms with E-state index in [9.17, 15) is 0 Å². The molecule has 0 fully saturated rings. The van der Waals surface area contributed by atoms with Gasteiger partial charge in [0, 0.05) is 13.7 Å². The lowest BCUT2D eigenvalue weighted by Gasteiger charge is -2.23. The molecule has 0 radical (unpaired) electrons. The number of rotatable bonds is 7. The molecule has 1 N–H and O–H groups in total. The number of ether oxygens (including phenoxy) is 1. The quantitative estimate of drug-likeness (QED) is 0.763. The third kappa shape index (κ3) is 3.02.